The van der Waals surface area contributed by atoms with E-state index in [0.29, 0.717) is 4.47 Å². The lowest BCUT2D eigenvalue weighted by molar-refractivity contribution is 0.467. The highest BCUT2D eigenvalue weighted by atomic mass is 79.9. The third-order valence-electron chi connectivity index (χ3n) is 2.59. The normalized spacial score (nSPS) is 12.1. The number of nitrogens with zero attached hydrogens (tertiary/aromatic N) is 2. The molecule has 5 nitrogen and oxygen atoms in total. The predicted molar refractivity (Wildman–Crippen MR) is 81.4 cm³/mol. The van der Waals surface area contributed by atoms with Gasteiger partial charge in [0.2, 0.25) is 10.0 Å². The van der Waals surface area contributed by atoms with Gasteiger partial charge in [-0.3, -0.25) is 5.10 Å². The molecule has 0 atom stereocenters. The molecule has 0 saturated carbocycles. The summed E-state index contributed by atoms with van der Waals surface area (Å²) in [4.78, 5) is -0.102. The van der Waals surface area contributed by atoms with E-state index in [4.69, 9.17) is 23.2 Å². The summed E-state index contributed by atoms with van der Waals surface area (Å²) in [5.41, 5.74) is 0.737. The highest BCUT2D eigenvalue weighted by Crippen LogP contribution is 2.34. The molecule has 20 heavy (non-hydrogen) atoms. The topological polar surface area (TPSA) is 66.1 Å². The van der Waals surface area contributed by atoms with Crippen LogP contribution in [0.4, 0.5) is 0 Å². The van der Waals surface area contributed by atoms with Gasteiger partial charge in [-0.1, -0.05) is 39.1 Å². The first-order valence-corrected chi connectivity index (χ1v) is 8.40. The predicted octanol–water partition coefficient (Wildman–Crippen LogP) is 3.30. The van der Waals surface area contributed by atoms with Crippen LogP contribution in [0, 0.1) is 0 Å². The molecule has 1 aromatic carbocycles. The molecule has 0 aliphatic heterocycles. The summed E-state index contributed by atoms with van der Waals surface area (Å²) in [6, 6.07) is 2.98. The molecule has 9 heteroatoms. The lowest BCUT2D eigenvalue weighted by Crippen LogP contribution is -2.27. The highest BCUT2D eigenvalue weighted by Gasteiger charge is 2.27. The van der Waals surface area contributed by atoms with Crippen molar-refractivity contribution in [2.75, 3.05) is 7.05 Å². The lowest BCUT2D eigenvalue weighted by Gasteiger charge is -2.18. The SMILES string of the molecule is CN(Cc1cn[nH]c1)S(=O)(=O)c1c(Cl)cc(Br)cc1Cl. The van der Waals surface area contributed by atoms with Gasteiger partial charge in [0.25, 0.3) is 0 Å². The number of benzene rings is 1. The van der Waals surface area contributed by atoms with Crippen LogP contribution in [0.15, 0.2) is 33.9 Å². The Morgan fingerprint density at radius 1 is 1.35 bits per heavy atom. The van der Waals surface area contributed by atoms with E-state index in [9.17, 15) is 8.42 Å². The van der Waals surface area contributed by atoms with Crippen molar-refractivity contribution >= 4 is 49.2 Å². The molecule has 0 saturated heterocycles. The van der Waals surface area contributed by atoms with E-state index in [1.54, 1.807) is 12.4 Å². The fourth-order valence-corrected chi connectivity index (χ4v) is 4.67. The Hall–Kier alpha value is -0.600. The first kappa shape index (κ1) is 15.8. The highest BCUT2D eigenvalue weighted by molar-refractivity contribution is 9.10. The summed E-state index contributed by atoms with van der Waals surface area (Å²) >= 11 is 15.2. The molecule has 2 aromatic rings. The zero-order valence-electron chi connectivity index (χ0n) is 10.3. The molecule has 1 N–H and O–H groups in total. The lowest BCUT2D eigenvalue weighted by atomic mass is 10.4. The van der Waals surface area contributed by atoms with Crippen molar-refractivity contribution in [3.05, 3.63) is 44.6 Å². The second-order valence-electron chi connectivity index (χ2n) is 4.07. The molecule has 0 unspecified atom stereocenters. The van der Waals surface area contributed by atoms with E-state index in [-0.39, 0.29) is 21.5 Å². The maximum atomic E-state index is 12.5. The average Bonchev–Trinajstić information content (AvgIpc) is 2.79. The quantitative estimate of drug-likeness (QED) is 0.859. The van der Waals surface area contributed by atoms with Crippen molar-refractivity contribution in [2.45, 2.75) is 11.4 Å². The third-order valence-corrected chi connectivity index (χ3v) is 5.78. The number of halogens is 3. The minimum atomic E-state index is -3.79. The Labute approximate surface area is 135 Å². The molecular formula is C11H10BrCl2N3O2S. The van der Waals surface area contributed by atoms with Crippen LogP contribution < -0.4 is 0 Å². The minimum Gasteiger partial charge on any atom is -0.285 e. The van der Waals surface area contributed by atoms with Crippen LogP contribution in [0.3, 0.4) is 0 Å². The zero-order chi connectivity index (χ0) is 14.9. The van der Waals surface area contributed by atoms with Gasteiger partial charge in [0.15, 0.2) is 0 Å². The number of nitrogens with one attached hydrogen (secondary N) is 1. The Morgan fingerprint density at radius 3 is 2.45 bits per heavy atom. The molecule has 1 heterocycles. The van der Waals surface area contributed by atoms with Gasteiger partial charge in [-0.25, -0.2) is 8.42 Å². The van der Waals surface area contributed by atoms with E-state index in [0.717, 1.165) is 5.56 Å². The van der Waals surface area contributed by atoms with E-state index in [2.05, 4.69) is 26.1 Å². The van der Waals surface area contributed by atoms with Gasteiger partial charge in [-0.15, -0.1) is 0 Å². The van der Waals surface area contributed by atoms with Gasteiger partial charge in [-0.2, -0.15) is 9.40 Å². The van der Waals surface area contributed by atoms with E-state index >= 15 is 0 Å². The Balaban J connectivity index is 2.40. The summed E-state index contributed by atoms with van der Waals surface area (Å²) in [7, 11) is -2.33. The summed E-state index contributed by atoms with van der Waals surface area (Å²) in [5.74, 6) is 0. The molecule has 108 valence electrons. The number of aromatic amines is 1. The fourth-order valence-electron chi connectivity index (χ4n) is 1.64. The number of rotatable bonds is 4. The van der Waals surface area contributed by atoms with Crippen molar-refractivity contribution < 1.29 is 8.42 Å². The second kappa shape index (κ2) is 6.03. The summed E-state index contributed by atoms with van der Waals surface area (Å²) in [6.45, 7) is 0.168. The van der Waals surface area contributed by atoms with Crippen molar-refractivity contribution in [3.8, 4) is 0 Å². The first-order valence-electron chi connectivity index (χ1n) is 5.41. The van der Waals surface area contributed by atoms with Crippen LogP contribution >= 0.6 is 39.1 Å². The first-order chi connectivity index (χ1) is 9.32. The molecule has 0 aliphatic rings. The number of hydrogen-bond acceptors (Lipinski definition) is 3. The molecule has 0 spiro atoms. The molecule has 0 radical (unpaired) electrons. The van der Waals surface area contributed by atoms with Crippen LogP contribution in [0.1, 0.15) is 5.56 Å². The van der Waals surface area contributed by atoms with Gasteiger partial charge in [0.05, 0.1) is 16.2 Å². The smallest absolute Gasteiger partial charge is 0.246 e. The summed E-state index contributed by atoms with van der Waals surface area (Å²) < 4.78 is 26.8. The molecule has 2 rings (SSSR count). The van der Waals surface area contributed by atoms with Crippen LogP contribution in [0.5, 0.6) is 0 Å². The van der Waals surface area contributed by atoms with E-state index < -0.39 is 10.0 Å². The van der Waals surface area contributed by atoms with Crippen molar-refractivity contribution in [1.82, 2.24) is 14.5 Å². The summed E-state index contributed by atoms with van der Waals surface area (Å²) in [5, 5.41) is 6.54. The molecule has 0 fully saturated rings. The van der Waals surface area contributed by atoms with Crippen LogP contribution in [-0.4, -0.2) is 30.0 Å². The number of hydrogen-bond donors (Lipinski definition) is 1. The van der Waals surface area contributed by atoms with Gasteiger partial charge < -0.3 is 0 Å². The Kier molecular flexibility index (Phi) is 4.76. The van der Waals surface area contributed by atoms with Crippen molar-refractivity contribution in [2.24, 2.45) is 0 Å². The van der Waals surface area contributed by atoms with Gasteiger partial charge in [0.1, 0.15) is 4.90 Å². The Bertz CT molecular complexity index is 696. The number of sulfonamides is 1. The maximum absolute atomic E-state index is 12.5. The molecular weight excluding hydrogens is 389 g/mol. The standard InChI is InChI=1S/C11H10BrCl2N3O2S/c1-17(6-7-4-15-16-5-7)20(18,19)11-9(13)2-8(12)3-10(11)14/h2-5H,6H2,1H3,(H,15,16). The van der Waals surface area contributed by atoms with Gasteiger partial charge >= 0.3 is 0 Å². The van der Waals surface area contributed by atoms with Crippen molar-refractivity contribution in [1.29, 1.82) is 0 Å². The fraction of sp³-hybridized carbons (Fsp3) is 0.182. The van der Waals surface area contributed by atoms with Crippen molar-refractivity contribution in [3.63, 3.8) is 0 Å². The Morgan fingerprint density at radius 2 is 1.95 bits per heavy atom. The second-order valence-corrected chi connectivity index (χ2v) is 7.78. The number of aromatic nitrogens is 2. The van der Waals surface area contributed by atoms with Crippen LogP contribution in [0.25, 0.3) is 0 Å². The minimum absolute atomic E-state index is 0.0726. The summed E-state index contributed by atoms with van der Waals surface area (Å²) in [6.07, 6.45) is 3.17. The number of H-pyrrole nitrogens is 1. The maximum Gasteiger partial charge on any atom is 0.246 e. The largest absolute Gasteiger partial charge is 0.285 e. The monoisotopic (exact) mass is 397 g/mol. The van der Waals surface area contributed by atoms with Crippen LogP contribution in [-0.2, 0) is 16.6 Å². The molecule has 0 amide bonds. The molecule has 1 aromatic heterocycles. The molecule has 0 bridgehead atoms. The van der Waals surface area contributed by atoms with E-state index in [1.165, 1.54) is 23.5 Å². The zero-order valence-corrected chi connectivity index (χ0v) is 14.2. The van der Waals surface area contributed by atoms with Gasteiger partial charge in [-0.05, 0) is 12.1 Å². The average molecular weight is 399 g/mol. The van der Waals surface area contributed by atoms with Crippen LogP contribution in [0.2, 0.25) is 10.0 Å². The van der Waals surface area contributed by atoms with Gasteiger partial charge in [0, 0.05) is 29.8 Å². The molecule has 0 aliphatic carbocycles. The third kappa shape index (κ3) is 3.17. The van der Waals surface area contributed by atoms with E-state index in [1.807, 2.05) is 0 Å².